The zero-order valence-electron chi connectivity index (χ0n) is 11.5. The molecule has 0 amide bonds. The molecule has 0 aliphatic rings. The second kappa shape index (κ2) is 8.89. The molecule has 0 fully saturated rings. The summed E-state index contributed by atoms with van der Waals surface area (Å²) in [6.07, 6.45) is 2.62. The van der Waals surface area contributed by atoms with E-state index in [9.17, 15) is 8.42 Å². The van der Waals surface area contributed by atoms with Crippen LogP contribution in [0.25, 0.3) is 0 Å². The van der Waals surface area contributed by atoms with Crippen molar-refractivity contribution in [2.24, 2.45) is 0 Å². The van der Waals surface area contributed by atoms with Gasteiger partial charge in [0.15, 0.2) is 9.84 Å². The standard InChI is InChI=1S/C12H27NO3S/c1-5-8-13-12(10-16-4)7-6-9-17(14,15)11(2)3/h11-13H,5-10H2,1-4H3. The van der Waals surface area contributed by atoms with Gasteiger partial charge in [-0.2, -0.15) is 0 Å². The molecule has 0 aromatic rings. The Hall–Kier alpha value is -0.130. The molecule has 0 aliphatic carbocycles. The maximum atomic E-state index is 11.6. The normalized spacial score (nSPS) is 14.2. The van der Waals surface area contributed by atoms with Gasteiger partial charge in [0.05, 0.1) is 17.6 Å². The van der Waals surface area contributed by atoms with Crippen LogP contribution in [0.1, 0.15) is 40.0 Å². The Balaban J connectivity index is 3.96. The first-order valence-electron chi connectivity index (χ1n) is 6.38. The van der Waals surface area contributed by atoms with E-state index in [4.69, 9.17) is 4.74 Å². The van der Waals surface area contributed by atoms with Crippen LogP contribution < -0.4 is 5.32 Å². The molecule has 0 aromatic carbocycles. The Morgan fingerprint density at radius 3 is 2.41 bits per heavy atom. The third kappa shape index (κ3) is 7.73. The van der Waals surface area contributed by atoms with E-state index < -0.39 is 9.84 Å². The maximum Gasteiger partial charge on any atom is 0.152 e. The molecule has 0 bridgehead atoms. The molecule has 0 saturated heterocycles. The van der Waals surface area contributed by atoms with E-state index in [1.807, 2.05) is 0 Å². The van der Waals surface area contributed by atoms with E-state index in [0.29, 0.717) is 13.0 Å². The van der Waals surface area contributed by atoms with Crippen LogP contribution in [0.2, 0.25) is 0 Å². The van der Waals surface area contributed by atoms with Gasteiger partial charge < -0.3 is 10.1 Å². The average Bonchev–Trinajstić information content (AvgIpc) is 2.25. The molecule has 4 nitrogen and oxygen atoms in total. The van der Waals surface area contributed by atoms with Crippen LogP contribution in [0, 0.1) is 0 Å². The van der Waals surface area contributed by atoms with Crippen LogP contribution in [0.3, 0.4) is 0 Å². The molecule has 0 heterocycles. The number of methoxy groups -OCH3 is 1. The van der Waals surface area contributed by atoms with E-state index in [0.717, 1.165) is 19.4 Å². The van der Waals surface area contributed by atoms with Crippen molar-refractivity contribution in [3.8, 4) is 0 Å². The Labute approximate surface area is 106 Å². The number of ether oxygens (including phenoxy) is 1. The van der Waals surface area contributed by atoms with Crippen molar-refractivity contribution in [2.45, 2.75) is 51.3 Å². The van der Waals surface area contributed by atoms with Gasteiger partial charge in [-0.05, 0) is 39.7 Å². The lowest BCUT2D eigenvalue weighted by atomic mass is 10.2. The van der Waals surface area contributed by atoms with Crippen molar-refractivity contribution in [3.05, 3.63) is 0 Å². The third-order valence-corrected chi connectivity index (χ3v) is 5.04. The lowest BCUT2D eigenvalue weighted by Crippen LogP contribution is -2.34. The Kier molecular flexibility index (Phi) is 8.82. The first kappa shape index (κ1) is 16.9. The minimum absolute atomic E-state index is 0.266. The fourth-order valence-electron chi connectivity index (χ4n) is 1.56. The van der Waals surface area contributed by atoms with Crippen LogP contribution >= 0.6 is 0 Å². The summed E-state index contributed by atoms with van der Waals surface area (Å²) in [5.41, 5.74) is 0. The summed E-state index contributed by atoms with van der Waals surface area (Å²) in [6.45, 7) is 7.17. The topological polar surface area (TPSA) is 55.4 Å². The predicted octanol–water partition coefficient (Wildman–Crippen LogP) is 1.60. The van der Waals surface area contributed by atoms with Crippen molar-refractivity contribution < 1.29 is 13.2 Å². The van der Waals surface area contributed by atoms with Gasteiger partial charge >= 0.3 is 0 Å². The zero-order chi connectivity index (χ0) is 13.3. The molecular weight excluding hydrogens is 238 g/mol. The number of hydrogen-bond donors (Lipinski definition) is 1. The molecule has 17 heavy (non-hydrogen) atoms. The smallest absolute Gasteiger partial charge is 0.152 e. The molecule has 5 heteroatoms. The van der Waals surface area contributed by atoms with Gasteiger partial charge in [0.1, 0.15) is 0 Å². The zero-order valence-corrected chi connectivity index (χ0v) is 12.3. The van der Waals surface area contributed by atoms with E-state index in [-0.39, 0.29) is 17.0 Å². The first-order chi connectivity index (χ1) is 7.94. The molecule has 104 valence electrons. The van der Waals surface area contributed by atoms with Crippen LogP contribution in [0.5, 0.6) is 0 Å². The monoisotopic (exact) mass is 265 g/mol. The molecule has 0 rings (SSSR count). The SMILES string of the molecule is CCCNC(CCCS(=O)(=O)C(C)C)COC. The van der Waals surface area contributed by atoms with E-state index in [2.05, 4.69) is 12.2 Å². The van der Waals surface area contributed by atoms with Crippen molar-refractivity contribution in [1.29, 1.82) is 0 Å². The van der Waals surface area contributed by atoms with Crippen molar-refractivity contribution in [1.82, 2.24) is 5.32 Å². The van der Waals surface area contributed by atoms with Crippen molar-refractivity contribution >= 4 is 9.84 Å². The lowest BCUT2D eigenvalue weighted by molar-refractivity contribution is 0.162. The summed E-state index contributed by atoms with van der Waals surface area (Å²) >= 11 is 0. The van der Waals surface area contributed by atoms with Gasteiger partial charge in [-0.25, -0.2) is 8.42 Å². The molecule has 1 unspecified atom stereocenters. The van der Waals surface area contributed by atoms with Gasteiger partial charge in [0, 0.05) is 13.2 Å². The summed E-state index contributed by atoms with van der Waals surface area (Å²) in [6, 6.07) is 0.266. The van der Waals surface area contributed by atoms with Crippen molar-refractivity contribution in [2.75, 3.05) is 26.0 Å². The predicted molar refractivity (Wildman–Crippen MR) is 72.1 cm³/mol. The summed E-state index contributed by atoms with van der Waals surface area (Å²) in [4.78, 5) is 0. The van der Waals surface area contributed by atoms with E-state index in [1.54, 1.807) is 21.0 Å². The number of sulfone groups is 1. The Bertz CT molecular complexity index is 275. The second-order valence-corrected chi connectivity index (χ2v) is 7.34. The van der Waals surface area contributed by atoms with E-state index in [1.165, 1.54) is 0 Å². The first-order valence-corrected chi connectivity index (χ1v) is 8.09. The molecular formula is C12H27NO3S. The second-order valence-electron chi connectivity index (χ2n) is 4.66. The van der Waals surface area contributed by atoms with Gasteiger partial charge in [0.2, 0.25) is 0 Å². The van der Waals surface area contributed by atoms with Gasteiger partial charge in [-0.3, -0.25) is 0 Å². The average molecular weight is 265 g/mol. The van der Waals surface area contributed by atoms with Crippen LogP contribution in [-0.4, -0.2) is 45.7 Å². The minimum atomic E-state index is -2.90. The number of rotatable bonds is 10. The summed E-state index contributed by atoms with van der Waals surface area (Å²) in [5.74, 6) is 0.276. The minimum Gasteiger partial charge on any atom is -0.383 e. The highest BCUT2D eigenvalue weighted by atomic mass is 32.2. The van der Waals surface area contributed by atoms with Crippen LogP contribution in [0.4, 0.5) is 0 Å². The quantitative estimate of drug-likeness (QED) is 0.652. The largest absolute Gasteiger partial charge is 0.383 e. The molecule has 0 aliphatic heterocycles. The highest BCUT2D eigenvalue weighted by Crippen LogP contribution is 2.06. The van der Waals surface area contributed by atoms with Crippen LogP contribution in [-0.2, 0) is 14.6 Å². The number of nitrogens with one attached hydrogen (secondary N) is 1. The summed E-state index contributed by atoms with van der Waals surface area (Å²) < 4.78 is 28.4. The molecule has 0 spiro atoms. The fraction of sp³-hybridized carbons (Fsp3) is 1.00. The summed E-state index contributed by atoms with van der Waals surface area (Å²) in [7, 11) is -1.23. The Morgan fingerprint density at radius 2 is 1.94 bits per heavy atom. The lowest BCUT2D eigenvalue weighted by Gasteiger charge is -2.17. The Morgan fingerprint density at radius 1 is 1.29 bits per heavy atom. The third-order valence-electron chi connectivity index (χ3n) is 2.75. The van der Waals surface area contributed by atoms with Crippen LogP contribution in [0.15, 0.2) is 0 Å². The summed E-state index contributed by atoms with van der Waals surface area (Å²) in [5, 5.41) is 3.09. The van der Waals surface area contributed by atoms with Gasteiger partial charge in [-0.15, -0.1) is 0 Å². The van der Waals surface area contributed by atoms with Gasteiger partial charge in [-0.1, -0.05) is 6.92 Å². The van der Waals surface area contributed by atoms with Gasteiger partial charge in [0.25, 0.3) is 0 Å². The number of hydrogen-bond acceptors (Lipinski definition) is 4. The molecule has 1 N–H and O–H groups in total. The molecule has 0 radical (unpaired) electrons. The highest BCUT2D eigenvalue weighted by Gasteiger charge is 2.16. The fourth-order valence-corrected chi connectivity index (χ4v) is 2.60. The highest BCUT2D eigenvalue weighted by molar-refractivity contribution is 7.91. The maximum absolute atomic E-state index is 11.6. The molecule has 1 atom stereocenters. The molecule has 0 aromatic heterocycles. The van der Waals surface area contributed by atoms with Crippen molar-refractivity contribution in [3.63, 3.8) is 0 Å². The van der Waals surface area contributed by atoms with E-state index >= 15 is 0 Å². The molecule has 0 saturated carbocycles.